The SMILES string of the molecule is Cc1nn(Cc2ccccc2)c(C)c1NC(=S)Nc1nn(Cc2cccc(F)c2)cc1Cl. The number of nitrogens with zero attached hydrogens (tertiary/aromatic N) is 4. The van der Waals surface area contributed by atoms with Gasteiger partial charge < -0.3 is 10.6 Å². The van der Waals surface area contributed by atoms with E-state index in [1.54, 1.807) is 16.9 Å². The van der Waals surface area contributed by atoms with Gasteiger partial charge >= 0.3 is 0 Å². The Kier molecular flexibility index (Phi) is 6.53. The van der Waals surface area contributed by atoms with Crippen LogP contribution in [0.15, 0.2) is 60.8 Å². The van der Waals surface area contributed by atoms with E-state index in [0.29, 0.717) is 29.0 Å². The number of halogens is 2. The molecule has 164 valence electrons. The number of hydrogen-bond donors (Lipinski definition) is 2. The Labute approximate surface area is 196 Å². The van der Waals surface area contributed by atoms with Crippen LogP contribution in [0.25, 0.3) is 0 Å². The van der Waals surface area contributed by atoms with Crippen molar-refractivity contribution in [1.82, 2.24) is 19.6 Å². The van der Waals surface area contributed by atoms with Crippen LogP contribution in [0.3, 0.4) is 0 Å². The van der Waals surface area contributed by atoms with E-state index in [1.165, 1.54) is 17.7 Å². The summed E-state index contributed by atoms with van der Waals surface area (Å²) in [5.74, 6) is 0.135. The first-order chi connectivity index (χ1) is 15.4. The molecule has 0 aliphatic heterocycles. The zero-order chi connectivity index (χ0) is 22.7. The lowest BCUT2D eigenvalue weighted by atomic mass is 10.2. The maximum Gasteiger partial charge on any atom is 0.176 e. The molecule has 0 amide bonds. The van der Waals surface area contributed by atoms with Crippen LogP contribution in [0.1, 0.15) is 22.5 Å². The molecule has 0 unspecified atom stereocenters. The molecule has 0 fully saturated rings. The number of rotatable bonds is 6. The van der Waals surface area contributed by atoms with E-state index in [2.05, 4.69) is 33.0 Å². The Morgan fingerprint density at radius 1 is 1.00 bits per heavy atom. The van der Waals surface area contributed by atoms with Crippen molar-refractivity contribution >= 4 is 40.4 Å². The van der Waals surface area contributed by atoms with E-state index in [9.17, 15) is 4.39 Å². The minimum absolute atomic E-state index is 0.289. The predicted octanol–water partition coefficient (Wildman–Crippen LogP) is 5.39. The molecule has 0 spiro atoms. The first-order valence-electron chi connectivity index (χ1n) is 10.0. The fraction of sp³-hybridized carbons (Fsp3) is 0.174. The first kappa shape index (κ1) is 22.0. The van der Waals surface area contributed by atoms with E-state index in [0.717, 1.165) is 22.6 Å². The topological polar surface area (TPSA) is 59.7 Å². The van der Waals surface area contributed by atoms with Gasteiger partial charge in [0.1, 0.15) is 10.8 Å². The highest BCUT2D eigenvalue weighted by molar-refractivity contribution is 7.80. The van der Waals surface area contributed by atoms with Crippen molar-refractivity contribution in [3.05, 3.63) is 94.1 Å². The number of aryl methyl sites for hydroxylation is 1. The van der Waals surface area contributed by atoms with Crippen LogP contribution in [0.5, 0.6) is 0 Å². The third-order valence-corrected chi connectivity index (χ3v) is 5.46. The lowest BCUT2D eigenvalue weighted by Gasteiger charge is -2.10. The molecule has 6 nitrogen and oxygen atoms in total. The maximum absolute atomic E-state index is 13.4. The molecule has 0 aliphatic carbocycles. The summed E-state index contributed by atoms with van der Waals surface area (Å²) in [6, 6.07) is 16.5. The Morgan fingerprint density at radius 3 is 2.50 bits per heavy atom. The van der Waals surface area contributed by atoms with Crippen molar-refractivity contribution in [2.75, 3.05) is 10.6 Å². The smallest absolute Gasteiger partial charge is 0.176 e. The van der Waals surface area contributed by atoms with Gasteiger partial charge in [0.25, 0.3) is 0 Å². The lowest BCUT2D eigenvalue weighted by Crippen LogP contribution is -2.20. The minimum atomic E-state index is -0.289. The van der Waals surface area contributed by atoms with Gasteiger partial charge in [-0.1, -0.05) is 54.1 Å². The molecule has 0 bridgehead atoms. The summed E-state index contributed by atoms with van der Waals surface area (Å²) in [5, 5.41) is 16.1. The number of anilines is 2. The molecule has 4 aromatic rings. The second-order valence-electron chi connectivity index (χ2n) is 7.42. The number of thiocarbonyl (C=S) groups is 1. The highest BCUT2D eigenvalue weighted by atomic mass is 35.5. The summed E-state index contributed by atoms with van der Waals surface area (Å²) in [6.45, 7) is 4.99. The number of aromatic nitrogens is 4. The summed E-state index contributed by atoms with van der Waals surface area (Å²) < 4.78 is 17.0. The van der Waals surface area contributed by atoms with E-state index >= 15 is 0 Å². The molecule has 0 saturated carbocycles. The third kappa shape index (κ3) is 5.15. The van der Waals surface area contributed by atoms with Crippen LogP contribution in [0.2, 0.25) is 5.02 Å². The van der Waals surface area contributed by atoms with Gasteiger partial charge in [-0.25, -0.2) is 4.39 Å². The van der Waals surface area contributed by atoms with Crippen molar-refractivity contribution in [1.29, 1.82) is 0 Å². The van der Waals surface area contributed by atoms with Crippen molar-refractivity contribution < 1.29 is 4.39 Å². The van der Waals surface area contributed by atoms with Crippen molar-refractivity contribution in [3.63, 3.8) is 0 Å². The summed E-state index contributed by atoms with van der Waals surface area (Å²) in [7, 11) is 0. The quantitative estimate of drug-likeness (QED) is 0.371. The summed E-state index contributed by atoms with van der Waals surface area (Å²) >= 11 is 11.8. The van der Waals surface area contributed by atoms with Crippen molar-refractivity contribution in [2.24, 2.45) is 0 Å². The molecule has 2 heterocycles. The Balaban J connectivity index is 1.43. The second kappa shape index (κ2) is 9.50. The highest BCUT2D eigenvalue weighted by Gasteiger charge is 2.15. The van der Waals surface area contributed by atoms with Crippen LogP contribution >= 0.6 is 23.8 Å². The molecular formula is C23H22ClFN6S. The normalized spacial score (nSPS) is 10.9. The fourth-order valence-electron chi connectivity index (χ4n) is 3.43. The standard InChI is InChI=1S/C23H22ClFN6S/c1-15-21(16(2)31(28-15)13-17-7-4-3-5-8-17)26-23(32)27-22-20(24)14-30(29-22)12-18-9-6-10-19(25)11-18/h3-11,14H,12-13H2,1-2H3,(H2,26,27,29,32). The molecule has 4 rings (SSSR count). The molecule has 32 heavy (non-hydrogen) atoms. The van der Waals surface area contributed by atoms with Gasteiger partial charge in [-0.05, 0) is 49.3 Å². The van der Waals surface area contributed by atoms with Crippen molar-refractivity contribution in [3.8, 4) is 0 Å². The molecule has 0 radical (unpaired) electrons. The summed E-state index contributed by atoms with van der Waals surface area (Å²) in [5.41, 5.74) is 4.60. The van der Waals surface area contributed by atoms with E-state index < -0.39 is 0 Å². The second-order valence-corrected chi connectivity index (χ2v) is 8.24. The molecule has 2 aromatic heterocycles. The van der Waals surface area contributed by atoms with E-state index in [1.807, 2.05) is 42.8 Å². The van der Waals surface area contributed by atoms with Gasteiger partial charge in [0.2, 0.25) is 0 Å². The number of hydrogen-bond acceptors (Lipinski definition) is 3. The molecule has 0 saturated heterocycles. The van der Waals surface area contributed by atoms with Crippen LogP contribution in [-0.4, -0.2) is 24.7 Å². The van der Waals surface area contributed by atoms with Gasteiger partial charge in [0, 0.05) is 6.20 Å². The zero-order valence-electron chi connectivity index (χ0n) is 17.6. The predicted molar refractivity (Wildman–Crippen MR) is 130 cm³/mol. The largest absolute Gasteiger partial charge is 0.329 e. The monoisotopic (exact) mass is 468 g/mol. The average Bonchev–Trinajstić information content (AvgIpc) is 3.22. The van der Waals surface area contributed by atoms with Gasteiger partial charge in [-0.2, -0.15) is 10.2 Å². The summed E-state index contributed by atoms with van der Waals surface area (Å²) in [6.07, 6.45) is 1.67. The van der Waals surface area contributed by atoms with Gasteiger partial charge in [0.05, 0.1) is 30.2 Å². The van der Waals surface area contributed by atoms with E-state index in [4.69, 9.17) is 23.8 Å². The fourth-order valence-corrected chi connectivity index (χ4v) is 3.82. The Hall–Kier alpha value is -3.23. The molecule has 9 heteroatoms. The minimum Gasteiger partial charge on any atom is -0.329 e. The van der Waals surface area contributed by atoms with Crippen LogP contribution in [0, 0.1) is 19.7 Å². The summed E-state index contributed by atoms with van der Waals surface area (Å²) in [4.78, 5) is 0. The van der Waals surface area contributed by atoms with Crippen molar-refractivity contribution in [2.45, 2.75) is 26.9 Å². The molecule has 0 atom stereocenters. The van der Waals surface area contributed by atoms with Gasteiger partial charge in [0.15, 0.2) is 10.9 Å². The number of benzene rings is 2. The maximum atomic E-state index is 13.4. The molecular weight excluding hydrogens is 447 g/mol. The highest BCUT2D eigenvalue weighted by Crippen LogP contribution is 2.23. The van der Waals surface area contributed by atoms with Crippen LogP contribution in [-0.2, 0) is 13.1 Å². The lowest BCUT2D eigenvalue weighted by molar-refractivity contribution is 0.619. The van der Waals surface area contributed by atoms with Crippen LogP contribution in [0.4, 0.5) is 15.9 Å². The third-order valence-electron chi connectivity index (χ3n) is 4.98. The molecule has 2 N–H and O–H groups in total. The van der Waals surface area contributed by atoms with E-state index in [-0.39, 0.29) is 5.82 Å². The zero-order valence-corrected chi connectivity index (χ0v) is 19.2. The Morgan fingerprint density at radius 2 is 1.75 bits per heavy atom. The van der Waals surface area contributed by atoms with Gasteiger partial charge in [-0.15, -0.1) is 0 Å². The first-order valence-corrected chi connectivity index (χ1v) is 10.8. The average molecular weight is 469 g/mol. The molecule has 2 aromatic carbocycles. The number of nitrogens with one attached hydrogen (secondary N) is 2. The molecule has 0 aliphatic rings. The van der Waals surface area contributed by atoms with Gasteiger partial charge in [-0.3, -0.25) is 9.36 Å². The van der Waals surface area contributed by atoms with Crippen LogP contribution < -0.4 is 10.6 Å². The Bertz CT molecular complexity index is 1250.